The highest BCUT2D eigenvalue weighted by atomic mass is 32.2. The van der Waals surface area contributed by atoms with Crippen LogP contribution in [-0.2, 0) is 6.54 Å². The van der Waals surface area contributed by atoms with Crippen LogP contribution in [0.5, 0.6) is 0 Å². The van der Waals surface area contributed by atoms with Gasteiger partial charge in [0.25, 0.3) is 5.91 Å². The number of thioether (sulfide) groups is 1. The van der Waals surface area contributed by atoms with Crippen LogP contribution in [0.4, 0.5) is 0 Å². The maximum Gasteiger partial charge on any atom is 0.273 e. The lowest BCUT2D eigenvalue weighted by Crippen LogP contribution is -2.26. The van der Waals surface area contributed by atoms with Gasteiger partial charge < -0.3 is 4.90 Å². The summed E-state index contributed by atoms with van der Waals surface area (Å²) in [5.74, 6) is -0.0733. The number of carbonyl (C=O) groups excluding carboxylic acids is 1. The quantitative estimate of drug-likeness (QED) is 0.637. The van der Waals surface area contributed by atoms with Gasteiger partial charge in [0.2, 0.25) is 0 Å². The van der Waals surface area contributed by atoms with Crippen molar-refractivity contribution >= 4 is 40.3 Å². The summed E-state index contributed by atoms with van der Waals surface area (Å²) in [5, 5.41) is 4.78. The highest BCUT2D eigenvalue weighted by molar-refractivity contribution is 8.00. The zero-order valence-corrected chi connectivity index (χ0v) is 15.2. The molecule has 3 rings (SSSR count). The Labute approximate surface area is 147 Å². The summed E-state index contributed by atoms with van der Waals surface area (Å²) < 4.78 is 0.904. The summed E-state index contributed by atoms with van der Waals surface area (Å²) in [5.41, 5.74) is 2.49. The second-order valence-corrected chi connectivity index (χ2v) is 7.64. The fraction of sp³-hybridized carbons (Fsp3) is 0.188. The predicted molar refractivity (Wildman–Crippen MR) is 97.2 cm³/mol. The molecule has 3 aromatic rings. The van der Waals surface area contributed by atoms with E-state index in [1.54, 1.807) is 40.4 Å². The summed E-state index contributed by atoms with van der Waals surface area (Å²) in [6.07, 6.45) is 1.96. The van der Waals surface area contributed by atoms with Crippen LogP contribution < -0.4 is 0 Å². The van der Waals surface area contributed by atoms with Crippen LogP contribution in [0.1, 0.15) is 16.2 Å². The molecule has 0 saturated heterocycles. The van der Waals surface area contributed by atoms with Gasteiger partial charge in [0.1, 0.15) is 15.0 Å². The number of benzene rings is 1. The van der Waals surface area contributed by atoms with E-state index in [4.69, 9.17) is 0 Å². The molecule has 0 aliphatic heterocycles. The Kier molecular flexibility index (Phi) is 5.09. The van der Waals surface area contributed by atoms with Crippen LogP contribution in [0.3, 0.4) is 0 Å². The second kappa shape index (κ2) is 7.25. The summed E-state index contributed by atoms with van der Waals surface area (Å²) in [4.78, 5) is 23.0. The molecule has 0 bridgehead atoms. The number of carbonyl (C=O) groups is 1. The zero-order chi connectivity index (χ0) is 16.2. The van der Waals surface area contributed by atoms with Crippen molar-refractivity contribution in [2.24, 2.45) is 0 Å². The van der Waals surface area contributed by atoms with Gasteiger partial charge in [-0.2, -0.15) is 0 Å². The first kappa shape index (κ1) is 16.2. The lowest BCUT2D eigenvalue weighted by molar-refractivity contribution is 0.0778. The van der Waals surface area contributed by atoms with E-state index in [-0.39, 0.29) is 5.91 Å². The molecule has 0 saturated carbocycles. The highest BCUT2D eigenvalue weighted by Gasteiger charge is 2.17. The van der Waals surface area contributed by atoms with Crippen LogP contribution in [0, 0.1) is 0 Å². The van der Waals surface area contributed by atoms with Crippen molar-refractivity contribution in [2.45, 2.75) is 10.9 Å². The van der Waals surface area contributed by atoms with Gasteiger partial charge in [0, 0.05) is 23.4 Å². The molecule has 0 radical (unpaired) electrons. The smallest absolute Gasteiger partial charge is 0.273 e. The van der Waals surface area contributed by atoms with E-state index in [2.05, 4.69) is 9.97 Å². The van der Waals surface area contributed by atoms with E-state index in [1.165, 1.54) is 11.3 Å². The van der Waals surface area contributed by atoms with Crippen LogP contribution in [0.15, 0.2) is 45.4 Å². The average Bonchev–Trinajstić information content (AvgIpc) is 3.24. The van der Waals surface area contributed by atoms with Crippen molar-refractivity contribution in [3.63, 3.8) is 0 Å². The van der Waals surface area contributed by atoms with Gasteiger partial charge in [0.05, 0.1) is 12.2 Å². The largest absolute Gasteiger partial charge is 0.334 e. The first-order chi connectivity index (χ1) is 11.2. The first-order valence-corrected chi connectivity index (χ1v) is 9.90. The van der Waals surface area contributed by atoms with Gasteiger partial charge in [-0.15, -0.1) is 22.7 Å². The highest BCUT2D eigenvalue weighted by Crippen LogP contribution is 2.24. The minimum absolute atomic E-state index is 0.0733. The first-order valence-electron chi connectivity index (χ1n) is 6.92. The summed E-state index contributed by atoms with van der Waals surface area (Å²) in [6.45, 7) is 0.480. The SMILES string of the molecule is CSc1nc(C(=O)N(C)Cc2csc(-c3ccccc3)n2)cs1. The van der Waals surface area contributed by atoms with Gasteiger partial charge in [-0.1, -0.05) is 42.1 Å². The molecule has 0 spiro atoms. The Morgan fingerprint density at radius 2 is 1.96 bits per heavy atom. The van der Waals surface area contributed by atoms with Crippen LogP contribution >= 0.6 is 34.4 Å². The third-order valence-electron chi connectivity index (χ3n) is 3.20. The van der Waals surface area contributed by atoms with Crippen molar-refractivity contribution in [1.82, 2.24) is 14.9 Å². The zero-order valence-electron chi connectivity index (χ0n) is 12.7. The molecule has 0 atom stereocenters. The molecule has 2 heterocycles. The van der Waals surface area contributed by atoms with E-state index in [0.29, 0.717) is 12.2 Å². The van der Waals surface area contributed by atoms with Gasteiger partial charge >= 0.3 is 0 Å². The number of rotatable bonds is 5. The van der Waals surface area contributed by atoms with Crippen LogP contribution in [-0.4, -0.2) is 34.1 Å². The van der Waals surface area contributed by atoms with Gasteiger partial charge in [-0.05, 0) is 6.26 Å². The van der Waals surface area contributed by atoms with Gasteiger partial charge in [-0.25, -0.2) is 9.97 Å². The molecule has 4 nitrogen and oxygen atoms in total. The topological polar surface area (TPSA) is 46.1 Å². The summed E-state index contributed by atoms with van der Waals surface area (Å²) >= 11 is 4.64. The Balaban J connectivity index is 1.69. The molecule has 0 unspecified atom stereocenters. The third kappa shape index (κ3) is 3.80. The molecule has 0 aliphatic carbocycles. The molecule has 2 aromatic heterocycles. The van der Waals surface area contributed by atoms with E-state index in [1.807, 2.05) is 42.0 Å². The van der Waals surface area contributed by atoms with E-state index in [9.17, 15) is 4.79 Å². The van der Waals surface area contributed by atoms with Gasteiger partial charge in [-0.3, -0.25) is 4.79 Å². The average molecular weight is 362 g/mol. The number of thiazole rings is 2. The number of nitrogens with zero attached hydrogens (tertiary/aromatic N) is 3. The fourth-order valence-electron chi connectivity index (χ4n) is 2.05. The molecule has 0 N–H and O–H groups in total. The molecular formula is C16H15N3OS3. The Morgan fingerprint density at radius 1 is 1.17 bits per heavy atom. The van der Waals surface area contributed by atoms with Crippen molar-refractivity contribution in [2.75, 3.05) is 13.3 Å². The van der Waals surface area contributed by atoms with E-state index >= 15 is 0 Å². The van der Waals surface area contributed by atoms with E-state index < -0.39 is 0 Å². The fourth-order valence-corrected chi connectivity index (χ4v) is 4.11. The van der Waals surface area contributed by atoms with E-state index in [0.717, 1.165) is 20.6 Å². The molecule has 1 aromatic carbocycles. The molecule has 0 fully saturated rings. The number of hydrogen-bond donors (Lipinski definition) is 0. The van der Waals surface area contributed by atoms with Gasteiger partial charge in [0.15, 0.2) is 0 Å². The third-order valence-corrected chi connectivity index (χ3v) is 6.00. The minimum Gasteiger partial charge on any atom is -0.334 e. The predicted octanol–water partition coefficient (Wildman–Crippen LogP) is 4.26. The minimum atomic E-state index is -0.0733. The normalized spacial score (nSPS) is 10.7. The molecule has 1 amide bonds. The van der Waals surface area contributed by atoms with Crippen LogP contribution in [0.25, 0.3) is 10.6 Å². The summed E-state index contributed by atoms with van der Waals surface area (Å²) in [6, 6.07) is 10.1. The van der Waals surface area contributed by atoms with Crippen molar-refractivity contribution in [1.29, 1.82) is 0 Å². The maximum absolute atomic E-state index is 12.4. The Hall–Kier alpha value is -1.70. The monoisotopic (exact) mass is 361 g/mol. The molecule has 118 valence electrons. The lowest BCUT2D eigenvalue weighted by atomic mass is 10.2. The van der Waals surface area contributed by atoms with Crippen molar-refractivity contribution in [3.8, 4) is 10.6 Å². The standard InChI is InChI=1S/C16H15N3OS3/c1-19(15(20)13-10-23-16(18-13)21-2)8-12-9-22-14(17-12)11-6-4-3-5-7-11/h3-7,9-10H,8H2,1-2H3. The number of amides is 1. The van der Waals surface area contributed by atoms with Crippen molar-refractivity contribution in [3.05, 3.63) is 52.5 Å². The molecule has 7 heteroatoms. The number of aromatic nitrogens is 2. The molecule has 23 heavy (non-hydrogen) atoms. The maximum atomic E-state index is 12.4. The molecular weight excluding hydrogens is 346 g/mol. The van der Waals surface area contributed by atoms with Crippen LogP contribution in [0.2, 0.25) is 0 Å². The summed E-state index contributed by atoms with van der Waals surface area (Å²) in [7, 11) is 1.78. The molecule has 0 aliphatic rings. The second-order valence-electron chi connectivity index (χ2n) is 4.87. The Bertz CT molecular complexity index is 798. The lowest BCUT2D eigenvalue weighted by Gasteiger charge is -2.14. The Morgan fingerprint density at radius 3 is 2.65 bits per heavy atom. The van der Waals surface area contributed by atoms with Crippen molar-refractivity contribution < 1.29 is 4.79 Å². The number of hydrogen-bond acceptors (Lipinski definition) is 6.